The maximum absolute atomic E-state index is 11.4. The molecule has 0 radical (unpaired) electrons. The maximum atomic E-state index is 11.4. The molecular weight excluding hydrogens is 723 g/mol. The van der Waals surface area contributed by atoms with E-state index in [-0.39, 0.29) is 37.5 Å². The number of carbonyl (C=O) groups is 1. The summed E-state index contributed by atoms with van der Waals surface area (Å²) in [5.41, 5.74) is 5.71. The molecule has 0 saturated heterocycles. The predicted molar refractivity (Wildman–Crippen MR) is 203 cm³/mol. The molecule has 0 spiro atoms. The normalized spacial score (nSPS) is 12.3. The van der Waals surface area contributed by atoms with Crippen molar-refractivity contribution < 1.29 is 14.6 Å². The number of halogens is 3. The lowest BCUT2D eigenvalue weighted by Crippen LogP contribution is -2.10. The molecule has 9 rings (SSSR count). The standard InChI is InChI=1S/C38H25Cl3N8O3/c1-38(2,3)16-12-13-21-22(14-16)35-45-31-18-9-5-7-11-20(18)33(43-31)48-37-25-24(26(39)28(41)29(27(25)40)52-15-23(50)51)36(49-37)47-32-19-10-6-4-8-17(19)30(42-32)44-34(21)46-35/h4-14H,15H2,1-3H3,(H,50,51)(H2,42,43,44,45,46,47,48,49). The van der Waals surface area contributed by atoms with Crippen molar-refractivity contribution in [3.05, 3.63) is 87.4 Å². The Morgan fingerprint density at radius 3 is 1.60 bits per heavy atom. The molecule has 7 aromatic rings. The van der Waals surface area contributed by atoms with E-state index in [2.05, 4.69) is 48.9 Å². The van der Waals surface area contributed by atoms with Crippen molar-refractivity contribution in [1.82, 2.24) is 39.9 Å². The molecule has 0 unspecified atom stereocenters. The number of nitrogens with one attached hydrogen (secondary N) is 2. The van der Waals surface area contributed by atoms with Crippen LogP contribution in [0.25, 0.3) is 89.7 Å². The van der Waals surface area contributed by atoms with Gasteiger partial charge in [-0.15, -0.1) is 0 Å². The smallest absolute Gasteiger partial charge is 0.341 e. The van der Waals surface area contributed by atoms with E-state index >= 15 is 0 Å². The highest BCUT2D eigenvalue weighted by atomic mass is 35.5. The van der Waals surface area contributed by atoms with Crippen molar-refractivity contribution in [1.29, 1.82) is 0 Å². The molecule has 2 aliphatic rings. The molecule has 0 saturated carbocycles. The highest BCUT2D eigenvalue weighted by molar-refractivity contribution is 6.51. The van der Waals surface area contributed by atoms with Gasteiger partial charge in [0, 0.05) is 33.0 Å². The molecule has 4 aromatic carbocycles. The van der Waals surface area contributed by atoms with Crippen molar-refractivity contribution >= 4 is 84.9 Å². The van der Waals surface area contributed by atoms with Crippen molar-refractivity contribution in [2.75, 3.05) is 6.61 Å². The second kappa shape index (κ2) is 11.7. The fraction of sp³-hybridized carbons (Fsp3) is 0.132. The molecule has 52 heavy (non-hydrogen) atoms. The number of benzene rings is 4. The minimum atomic E-state index is -1.22. The number of hydrogen-bond acceptors (Lipinski definition) is 8. The average Bonchev–Trinajstić information content (AvgIpc) is 3.85. The van der Waals surface area contributed by atoms with Crippen molar-refractivity contribution in [3.8, 4) is 51.3 Å². The Morgan fingerprint density at radius 2 is 1.10 bits per heavy atom. The summed E-state index contributed by atoms with van der Waals surface area (Å²) >= 11 is 20.6. The topological polar surface area (TPSA) is 155 Å². The van der Waals surface area contributed by atoms with Gasteiger partial charge >= 0.3 is 5.97 Å². The van der Waals surface area contributed by atoms with Crippen LogP contribution in [-0.4, -0.2) is 57.6 Å². The quantitative estimate of drug-likeness (QED) is 0.150. The number of aromatic amines is 2. The lowest BCUT2D eigenvalue weighted by molar-refractivity contribution is -0.139. The Bertz CT molecular complexity index is 2880. The van der Waals surface area contributed by atoms with Gasteiger partial charge in [0.2, 0.25) is 0 Å². The first-order chi connectivity index (χ1) is 25.0. The molecule has 2 aliphatic heterocycles. The number of fused-ring (bicyclic) bond motifs is 20. The Balaban J connectivity index is 1.48. The van der Waals surface area contributed by atoms with Crippen LogP contribution in [-0.2, 0) is 10.2 Å². The number of aliphatic carboxylic acids is 1. The van der Waals surface area contributed by atoms with Crippen LogP contribution < -0.4 is 4.74 Å². The van der Waals surface area contributed by atoms with Crippen molar-refractivity contribution in [3.63, 3.8) is 0 Å². The molecule has 8 bridgehead atoms. The fourth-order valence-electron chi connectivity index (χ4n) is 6.54. The molecule has 5 heterocycles. The number of carboxylic acid groups (broad SMARTS) is 1. The summed E-state index contributed by atoms with van der Waals surface area (Å²) < 4.78 is 5.52. The lowest BCUT2D eigenvalue weighted by Gasteiger charge is -2.18. The Kier molecular flexibility index (Phi) is 7.27. The van der Waals surface area contributed by atoms with Gasteiger partial charge in [0.05, 0.1) is 20.8 Å². The summed E-state index contributed by atoms with van der Waals surface area (Å²) in [5.74, 6) is 0.277. The van der Waals surface area contributed by atoms with Gasteiger partial charge in [0.25, 0.3) is 0 Å². The van der Waals surface area contributed by atoms with E-state index in [9.17, 15) is 9.90 Å². The molecule has 0 fully saturated rings. The van der Waals surface area contributed by atoms with Crippen LogP contribution >= 0.6 is 34.8 Å². The third-order valence-electron chi connectivity index (χ3n) is 9.08. The van der Waals surface area contributed by atoms with Crippen molar-refractivity contribution in [2.24, 2.45) is 0 Å². The molecule has 3 aromatic heterocycles. The molecule has 11 nitrogen and oxygen atoms in total. The van der Waals surface area contributed by atoms with Crippen LogP contribution in [0.2, 0.25) is 15.1 Å². The van der Waals surface area contributed by atoms with Gasteiger partial charge in [-0.1, -0.05) is 116 Å². The zero-order valence-corrected chi connectivity index (χ0v) is 29.9. The predicted octanol–water partition coefficient (Wildman–Crippen LogP) is 9.59. The molecule has 3 N–H and O–H groups in total. The largest absolute Gasteiger partial charge is 0.479 e. The maximum Gasteiger partial charge on any atom is 0.341 e. The number of ether oxygens (including phenoxy) is 1. The minimum absolute atomic E-state index is 0.00322. The zero-order chi connectivity index (χ0) is 36.1. The minimum Gasteiger partial charge on any atom is -0.479 e. The van der Waals surface area contributed by atoms with Crippen LogP contribution in [0.1, 0.15) is 26.3 Å². The van der Waals surface area contributed by atoms with E-state index < -0.39 is 12.6 Å². The number of rotatable bonds is 3. The van der Waals surface area contributed by atoms with E-state index in [1.165, 1.54) is 0 Å². The van der Waals surface area contributed by atoms with Crippen LogP contribution in [0.5, 0.6) is 5.75 Å². The van der Waals surface area contributed by atoms with Gasteiger partial charge in [-0.25, -0.2) is 34.7 Å². The number of carboxylic acids is 1. The Morgan fingerprint density at radius 1 is 0.635 bits per heavy atom. The third-order valence-corrected chi connectivity index (χ3v) is 10.3. The Hall–Kier alpha value is -5.62. The number of H-pyrrole nitrogens is 2. The van der Waals surface area contributed by atoms with E-state index in [0.717, 1.165) is 38.6 Å². The number of hydrogen-bond donors (Lipinski definition) is 3. The van der Waals surface area contributed by atoms with Crippen LogP contribution in [0.15, 0.2) is 66.7 Å². The monoisotopic (exact) mass is 746 g/mol. The fourth-order valence-corrected chi connectivity index (χ4v) is 7.43. The van der Waals surface area contributed by atoms with E-state index in [0.29, 0.717) is 45.4 Å². The van der Waals surface area contributed by atoms with Gasteiger partial charge in [0.1, 0.15) is 27.6 Å². The molecule has 0 amide bonds. The van der Waals surface area contributed by atoms with Gasteiger partial charge in [-0.3, -0.25) is 0 Å². The molecule has 14 heteroatoms. The van der Waals surface area contributed by atoms with E-state index in [1.54, 1.807) is 0 Å². The number of aromatic nitrogens is 8. The summed E-state index contributed by atoms with van der Waals surface area (Å²) in [4.78, 5) is 48.1. The van der Waals surface area contributed by atoms with Gasteiger partial charge in [-0.05, 0) is 17.0 Å². The number of nitrogens with zero attached hydrogens (tertiary/aromatic N) is 6. The first-order valence-corrected chi connectivity index (χ1v) is 17.3. The molecular formula is C38H25Cl3N8O3. The molecule has 0 atom stereocenters. The summed E-state index contributed by atoms with van der Waals surface area (Å²) in [6, 6.07) is 21.6. The molecule has 0 aliphatic carbocycles. The first kappa shape index (κ1) is 32.3. The summed E-state index contributed by atoms with van der Waals surface area (Å²) in [6.07, 6.45) is 0. The first-order valence-electron chi connectivity index (χ1n) is 16.2. The second-order valence-electron chi connectivity index (χ2n) is 13.4. The second-order valence-corrected chi connectivity index (χ2v) is 14.5. The van der Waals surface area contributed by atoms with Crippen LogP contribution in [0, 0.1) is 0 Å². The highest BCUT2D eigenvalue weighted by Gasteiger charge is 2.26. The highest BCUT2D eigenvalue weighted by Crippen LogP contribution is 2.48. The summed E-state index contributed by atoms with van der Waals surface area (Å²) in [5, 5.41) is 11.7. The van der Waals surface area contributed by atoms with Crippen molar-refractivity contribution in [2.45, 2.75) is 26.2 Å². The molecule has 256 valence electrons. The van der Waals surface area contributed by atoms with E-state index in [1.807, 2.05) is 48.5 Å². The SMILES string of the molecule is CC(C)(C)c1ccc2c3nc4nc(nc5[nH]c(nc6nc(nc([nH]3)c2c1)-c1ccccc1-6)c1c(Cl)c(OCC(=O)O)c(Cl)c(Cl)c51)-c1ccccc1-4. The zero-order valence-electron chi connectivity index (χ0n) is 27.6. The lowest BCUT2D eigenvalue weighted by atomic mass is 9.86. The third kappa shape index (κ3) is 5.07. The van der Waals surface area contributed by atoms with Gasteiger partial charge in [-0.2, -0.15) is 0 Å². The van der Waals surface area contributed by atoms with Crippen LogP contribution in [0.3, 0.4) is 0 Å². The average molecular weight is 748 g/mol. The summed E-state index contributed by atoms with van der Waals surface area (Å²) in [7, 11) is 0. The Labute approximate surface area is 309 Å². The van der Waals surface area contributed by atoms with Crippen LogP contribution in [0.4, 0.5) is 0 Å². The van der Waals surface area contributed by atoms with Gasteiger partial charge in [0.15, 0.2) is 35.7 Å². The van der Waals surface area contributed by atoms with E-state index in [4.69, 9.17) is 69.4 Å². The summed E-state index contributed by atoms with van der Waals surface area (Å²) in [6.45, 7) is 5.80. The van der Waals surface area contributed by atoms with Gasteiger partial charge < -0.3 is 19.8 Å².